The molecule has 0 aliphatic heterocycles. The molecule has 0 amide bonds. The van der Waals surface area contributed by atoms with Crippen LogP contribution in [0.15, 0.2) is 18.2 Å². The molecule has 1 aromatic carbocycles. The third-order valence-electron chi connectivity index (χ3n) is 2.71. The van der Waals surface area contributed by atoms with Gasteiger partial charge in [-0.2, -0.15) is 4.98 Å². The van der Waals surface area contributed by atoms with Gasteiger partial charge in [-0.05, 0) is 18.1 Å². The number of nitrogens with two attached hydrogens (primary N) is 2. The van der Waals surface area contributed by atoms with Crippen molar-refractivity contribution in [3.63, 3.8) is 0 Å². The summed E-state index contributed by atoms with van der Waals surface area (Å²) >= 11 is 5.89. The van der Waals surface area contributed by atoms with Gasteiger partial charge in [0.05, 0.1) is 5.69 Å². The van der Waals surface area contributed by atoms with Gasteiger partial charge in [-0.25, -0.2) is 4.98 Å². The molecule has 2 aromatic rings. The molecule has 1 heterocycles. The van der Waals surface area contributed by atoms with Crippen molar-refractivity contribution in [2.45, 2.75) is 13.3 Å². The van der Waals surface area contributed by atoms with E-state index < -0.39 is 7.25 Å². The third kappa shape index (κ3) is 5.55. The van der Waals surface area contributed by atoms with Crippen LogP contribution in [0.3, 0.4) is 0 Å². The Bertz CT molecular complexity index is 771. The van der Waals surface area contributed by atoms with Gasteiger partial charge in [0.1, 0.15) is 10.8 Å². The minimum atomic E-state index is -6.00. The van der Waals surface area contributed by atoms with Crippen molar-refractivity contribution in [3.8, 4) is 11.1 Å². The van der Waals surface area contributed by atoms with E-state index in [2.05, 4.69) is 14.9 Å². The molecule has 4 N–H and O–H groups in total. The first-order valence-corrected chi connectivity index (χ1v) is 6.88. The Kier molecular flexibility index (Phi) is 6.31. The quantitative estimate of drug-likeness (QED) is 0.470. The van der Waals surface area contributed by atoms with Crippen LogP contribution >= 0.6 is 11.6 Å². The Morgan fingerprint density at radius 2 is 1.79 bits per heavy atom. The summed E-state index contributed by atoms with van der Waals surface area (Å²) < 4.78 is 39.0. The number of halogens is 5. The zero-order valence-electron chi connectivity index (χ0n) is 12.3. The van der Waals surface area contributed by atoms with Crippen LogP contribution in [0.2, 0.25) is 5.02 Å². The van der Waals surface area contributed by atoms with E-state index in [9.17, 15) is 17.3 Å². The number of aryl methyl sites for hydroxylation is 1. The molecule has 0 saturated heterocycles. The summed E-state index contributed by atoms with van der Waals surface area (Å²) in [5.74, 6) is 0.426. The predicted octanol–water partition coefficient (Wildman–Crippen LogP) is 4.31. The summed E-state index contributed by atoms with van der Waals surface area (Å²) in [7, 11) is -6.00. The van der Waals surface area contributed by atoms with E-state index in [1.165, 1.54) is 0 Å². The highest BCUT2D eigenvalue weighted by Gasteiger charge is 2.20. The van der Waals surface area contributed by atoms with Gasteiger partial charge < -0.3 is 28.7 Å². The SMILES string of the molecule is CCc1nc(N)nc(N)c1-c1ccc(Cl)c([N+]#N)c1.F[B-](F)(F)F. The highest BCUT2D eigenvalue weighted by Crippen LogP contribution is 2.34. The van der Waals surface area contributed by atoms with E-state index in [0.29, 0.717) is 17.0 Å². The van der Waals surface area contributed by atoms with E-state index in [-0.39, 0.29) is 17.5 Å². The number of nitrogens with zero attached hydrogens (tertiary/aromatic N) is 4. The summed E-state index contributed by atoms with van der Waals surface area (Å²) in [6.07, 6.45) is 0.653. The molecule has 0 aliphatic carbocycles. The second kappa shape index (κ2) is 7.78. The second-order valence-corrected chi connectivity index (χ2v) is 4.81. The zero-order chi connectivity index (χ0) is 18.5. The van der Waals surface area contributed by atoms with Gasteiger partial charge in [-0.15, -0.1) is 0 Å². The number of benzene rings is 1. The number of hydrogen-bond donors (Lipinski definition) is 2. The molecule has 0 atom stereocenters. The fraction of sp³-hybridized carbons (Fsp3) is 0.167. The van der Waals surface area contributed by atoms with Crippen molar-refractivity contribution < 1.29 is 17.3 Å². The molecule has 0 unspecified atom stereocenters. The molecule has 0 radical (unpaired) electrons. The van der Waals surface area contributed by atoms with Crippen LogP contribution < -0.4 is 11.5 Å². The Balaban J connectivity index is 0.000000505. The Morgan fingerprint density at radius 1 is 1.21 bits per heavy atom. The fourth-order valence-electron chi connectivity index (χ4n) is 1.86. The van der Waals surface area contributed by atoms with Gasteiger partial charge >= 0.3 is 12.9 Å². The lowest BCUT2D eigenvalue weighted by Crippen LogP contribution is -2.06. The molecule has 0 bridgehead atoms. The monoisotopic (exact) mass is 362 g/mol. The molecule has 0 saturated carbocycles. The topological polar surface area (TPSA) is 106 Å². The minimum absolute atomic E-state index is 0.138. The van der Waals surface area contributed by atoms with Gasteiger partial charge in [0, 0.05) is 11.6 Å². The summed E-state index contributed by atoms with van der Waals surface area (Å²) in [5.41, 5.74) is 13.9. The molecule has 0 spiro atoms. The summed E-state index contributed by atoms with van der Waals surface area (Å²) in [6.45, 7) is 1.94. The highest BCUT2D eigenvalue weighted by molar-refractivity contribution is 6.50. The van der Waals surface area contributed by atoms with Crippen molar-refractivity contribution in [2.75, 3.05) is 11.5 Å². The fourth-order valence-corrected chi connectivity index (χ4v) is 2.02. The van der Waals surface area contributed by atoms with Crippen LogP contribution in [0.1, 0.15) is 12.6 Å². The molecule has 12 heteroatoms. The number of rotatable bonds is 2. The van der Waals surface area contributed by atoms with Crippen molar-refractivity contribution >= 4 is 36.3 Å². The molecule has 2 rings (SSSR count). The van der Waals surface area contributed by atoms with Crippen LogP contribution in [0, 0.1) is 5.39 Å². The molecular weight excluding hydrogens is 350 g/mol. The molecule has 6 nitrogen and oxygen atoms in total. The lowest BCUT2D eigenvalue weighted by atomic mass is 10.0. The first-order chi connectivity index (χ1) is 11.1. The van der Waals surface area contributed by atoms with E-state index >= 15 is 0 Å². The lowest BCUT2D eigenvalue weighted by Gasteiger charge is -2.10. The van der Waals surface area contributed by atoms with E-state index in [4.69, 9.17) is 28.5 Å². The molecule has 1 aromatic heterocycles. The summed E-state index contributed by atoms with van der Waals surface area (Å²) in [5, 5.41) is 9.23. The van der Waals surface area contributed by atoms with Gasteiger partial charge in [0.15, 0.2) is 4.98 Å². The largest absolute Gasteiger partial charge is 0.673 e. The van der Waals surface area contributed by atoms with E-state index in [0.717, 1.165) is 11.3 Å². The van der Waals surface area contributed by atoms with Crippen LogP contribution in [-0.4, -0.2) is 17.2 Å². The van der Waals surface area contributed by atoms with Crippen molar-refractivity contribution in [3.05, 3.63) is 33.9 Å². The molecule has 0 aliphatic rings. The van der Waals surface area contributed by atoms with Gasteiger partial charge in [-0.1, -0.05) is 24.6 Å². The first-order valence-electron chi connectivity index (χ1n) is 6.51. The Morgan fingerprint density at radius 3 is 2.29 bits per heavy atom. The van der Waals surface area contributed by atoms with Crippen LogP contribution in [0.25, 0.3) is 16.1 Å². The Labute approximate surface area is 139 Å². The van der Waals surface area contributed by atoms with Crippen LogP contribution in [0.5, 0.6) is 0 Å². The first kappa shape index (κ1) is 19.4. The average Bonchev–Trinajstić information content (AvgIpc) is 2.45. The molecular formula is C12H12BClF4N6. The maximum absolute atomic E-state index is 9.75. The second-order valence-electron chi connectivity index (χ2n) is 4.40. The number of aromatic nitrogens is 2. The number of anilines is 2. The van der Waals surface area contributed by atoms with E-state index in [1.54, 1.807) is 18.2 Å². The smallest absolute Gasteiger partial charge is 0.418 e. The average molecular weight is 363 g/mol. The summed E-state index contributed by atoms with van der Waals surface area (Å²) in [6, 6.07) is 5.01. The van der Waals surface area contributed by atoms with Crippen LogP contribution in [0.4, 0.5) is 34.7 Å². The third-order valence-corrected chi connectivity index (χ3v) is 3.03. The molecule has 24 heavy (non-hydrogen) atoms. The summed E-state index contributed by atoms with van der Waals surface area (Å²) in [4.78, 5) is 11.2. The molecule has 128 valence electrons. The number of nitrogen functional groups attached to an aromatic ring is 2. The molecule has 0 fully saturated rings. The Hall–Kier alpha value is -2.61. The predicted molar refractivity (Wildman–Crippen MR) is 85.6 cm³/mol. The van der Waals surface area contributed by atoms with Crippen molar-refractivity contribution in [1.29, 1.82) is 5.39 Å². The normalized spacial score (nSPS) is 10.5. The number of hydrogen-bond acceptors (Lipinski definition) is 5. The zero-order valence-corrected chi connectivity index (χ0v) is 13.1. The van der Waals surface area contributed by atoms with Gasteiger partial charge in [0.25, 0.3) is 0 Å². The van der Waals surface area contributed by atoms with Gasteiger partial charge in [0.2, 0.25) is 11.3 Å². The van der Waals surface area contributed by atoms with Crippen molar-refractivity contribution in [1.82, 2.24) is 9.97 Å². The minimum Gasteiger partial charge on any atom is -0.418 e. The maximum Gasteiger partial charge on any atom is 0.673 e. The standard InChI is InChI=1S/C12H12ClN6.BF4/c1-2-8-10(11(14)18-12(15)17-8)6-3-4-7(13)9(5-6)19-16;2-1(3,4)5/h3-5H,2H2,1H3,(H4,14,15,17,18);/q+1;-1. The van der Waals surface area contributed by atoms with Crippen molar-refractivity contribution in [2.24, 2.45) is 0 Å². The van der Waals surface area contributed by atoms with E-state index in [1.807, 2.05) is 6.92 Å². The van der Waals surface area contributed by atoms with Crippen LogP contribution in [-0.2, 0) is 6.42 Å². The highest BCUT2D eigenvalue weighted by atomic mass is 35.5. The maximum atomic E-state index is 9.75. The number of diazo groups is 1. The lowest BCUT2D eigenvalue weighted by molar-refractivity contribution is 0.368. The van der Waals surface area contributed by atoms with Gasteiger partial charge in [-0.3, -0.25) is 0 Å².